The molecule has 2 aliphatic heterocycles. The fourth-order valence-corrected chi connectivity index (χ4v) is 5.76. The van der Waals surface area contributed by atoms with Crippen molar-refractivity contribution in [2.24, 2.45) is 5.92 Å². The van der Waals surface area contributed by atoms with Crippen molar-refractivity contribution < 1.29 is 9.59 Å². The quantitative estimate of drug-likeness (QED) is 0.576. The molecule has 168 valence electrons. The van der Waals surface area contributed by atoms with Gasteiger partial charge in [-0.2, -0.15) is 0 Å². The molecular weight excluding hydrogens is 364 g/mol. The van der Waals surface area contributed by atoms with Gasteiger partial charge in [-0.25, -0.2) is 0 Å². The third kappa shape index (κ3) is 6.68. The molecule has 2 saturated heterocycles. The van der Waals surface area contributed by atoms with Crippen LogP contribution in [0.2, 0.25) is 0 Å². The average molecular weight is 409 g/mol. The summed E-state index contributed by atoms with van der Waals surface area (Å²) in [7, 11) is 0. The average Bonchev–Trinajstić information content (AvgIpc) is 2.39. The Balaban J connectivity index is 2.02. The van der Waals surface area contributed by atoms with Crippen LogP contribution in [0.1, 0.15) is 94.9 Å². The predicted molar refractivity (Wildman–Crippen MR) is 119 cm³/mol. The van der Waals surface area contributed by atoms with Crippen LogP contribution in [0, 0.1) is 5.92 Å². The Morgan fingerprint density at radius 2 is 1.14 bits per heavy atom. The van der Waals surface area contributed by atoms with E-state index in [0.717, 1.165) is 25.7 Å². The maximum absolute atomic E-state index is 13.1. The fourth-order valence-electron chi connectivity index (χ4n) is 5.76. The molecule has 2 fully saturated rings. The second-order valence-electron chi connectivity index (χ2n) is 12.6. The first-order valence-electron chi connectivity index (χ1n) is 11.0. The summed E-state index contributed by atoms with van der Waals surface area (Å²) in [4.78, 5) is 26.1. The summed E-state index contributed by atoms with van der Waals surface area (Å²) < 4.78 is 0. The lowest BCUT2D eigenvalue weighted by atomic mass is 9.75. The number of hydrogen-bond acceptors (Lipinski definition) is 4. The number of amides is 2. The topological polar surface area (TPSA) is 82.3 Å². The van der Waals surface area contributed by atoms with Crippen molar-refractivity contribution in [3.63, 3.8) is 0 Å². The highest BCUT2D eigenvalue weighted by Gasteiger charge is 2.43. The summed E-state index contributed by atoms with van der Waals surface area (Å²) in [5.41, 5.74) is -1.25. The molecule has 0 aliphatic carbocycles. The third-order valence-electron chi connectivity index (χ3n) is 6.09. The van der Waals surface area contributed by atoms with E-state index in [4.69, 9.17) is 0 Å². The Morgan fingerprint density at radius 1 is 0.759 bits per heavy atom. The van der Waals surface area contributed by atoms with Crippen LogP contribution in [0.5, 0.6) is 0 Å². The molecule has 0 aromatic rings. The largest absolute Gasteiger partial charge is 0.351 e. The Hall–Kier alpha value is -1.14. The molecule has 2 aliphatic rings. The number of carbonyl (C=O) groups is 2. The highest BCUT2D eigenvalue weighted by atomic mass is 16.2. The molecule has 6 heteroatoms. The Bertz CT molecular complexity index is 617. The lowest BCUT2D eigenvalue weighted by Gasteiger charge is -2.47. The Kier molecular flexibility index (Phi) is 6.26. The zero-order chi connectivity index (χ0) is 22.5. The lowest BCUT2D eigenvalue weighted by Crippen LogP contribution is -2.65. The van der Waals surface area contributed by atoms with E-state index in [1.165, 1.54) is 0 Å². The van der Waals surface area contributed by atoms with Gasteiger partial charge in [-0.15, -0.1) is 0 Å². The van der Waals surface area contributed by atoms with E-state index >= 15 is 0 Å². The van der Waals surface area contributed by atoms with Gasteiger partial charge in [-0.3, -0.25) is 9.59 Å². The molecule has 2 rings (SSSR count). The molecule has 4 N–H and O–H groups in total. The van der Waals surface area contributed by atoms with Gasteiger partial charge in [0.05, 0.1) is 0 Å². The van der Waals surface area contributed by atoms with Crippen LogP contribution in [0.3, 0.4) is 0 Å². The minimum atomic E-state index is -0.949. The van der Waals surface area contributed by atoms with E-state index in [1.807, 2.05) is 0 Å². The molecule has 29 heavy (non-hydrogen) atoms. The molecule has 2 heterocycles. The first-order valence-corrected chi connectivity index (χ1v) is 11.0. The Morgan fingerprint density at radius 3 is 1.55 bits per heavy atom. The van der Waals surface area contributed by atoms with Gasteiger partial charge < -0.3 is 21.3 Å². The first-order chi connectivity index (χ1) is 12.8. The van der Waals surface area contributed by atoms with Gasteiger partial charge in [0, 0.05) is 34.1 Å². The summed E-state index contributed by atoms with van der Waals surface area (Å²) >= 11 is 0. The van der Waals surface area contributed by atoms with Crippen molar-refractivity contribution in [3.8, 4) is 0 Å². The molecule has 0 saturated carbocycles. The molecule has 0 aromatic carbocycles. The first kappa shape index (κ1) is 24.1. The molecule has 0 atom stereocenters. The van der Waals surface area contributed by atoms with Gasteiger partial charge in [0.25, 0.3) is 0 Å². The molecule has 0 aromatic heterocycles. The minimum Gasteiger partial charge on any atom is -0.351 e. The standard InChI is InChI=1S/C23H44N4O2/c1-19(2)11-15(12-20(3,4)26-19)17(28)25-23(9,10)18(29)24-16-13-21(5,6)27-22(7,8)14-16/h15-16,26-27H,11-14H2,1-10H3,(H,24,29)(H,25,28). The fraction of sp³-hybridized carbons (Fsp3) is 0.913. The second-order valence-corrected chi connectivity index (χ2v) is 12.6. The minimum absolute atomic E-state index is 0.0289. The number of rotatable bonds is 4. The molecule has 0 unspecified atom stereocenters. The number of hydrogen-bond donors (Lipinski definition) is 4. The molecule has 6 nitrogen and oxygen atoms in total. The summed E-state index contributed by atoms with van der Waals surface area (Å²) in [5, 5.41) is 13.5. The summed E-state index contributed by atoms with van der Waals surface area (Å²) in [6, 6.07) is 0.0849. The molecular formula is C23H44N4O2. The normalized spacial score (nSPS) is 26.6. The van der Waals surface area contributed by atoms with Crippen LogP contribution in [0.25, 0.3) is 0 Å². The van der Waals surface area contributed by atoms with Gasteiger partial charge in [0.1, 0.15) is 5.54 Å². The van der Waals surface area contributed by atoms with Crippen LogP contribution < -0.4 is 21.3 Å². The maximum Gasteiger partial charge on any atom is 0.245 e. The van der Waals surface area contributed by atoms with E-state index in [1.54, 1.807) is 13.8 Å². The molecule has 0 bridgehead atoms. The van der Waals surface area contributed by atoms with Crippen LogP contribution in [0.4, 0.5) is 0 Å². The molecule has 0 radical (unpaired) electrons. The van der Waals surface area contributed by atoms with E-state index in [0.29, 0.717) is 0 Å². The summed E-state index contributed by atoms with van der Waals surface area (Å²) in [6.45, 7) is 20.8. The van der Waals surface area contributed by atoms with E-state index < -0.39 is 5.54 Å². The molecule has 2 amide bonds. The second kappa shape index (κ2) is 7.52. The Labute approximate surface area is 177 Å². The van der Waals surface area contributed by atoms with Crippen LogP contribution in [-0.2, 0) is 9.59 Å². The maximum atomic E-state index is 13.1. The zero-order valence-electron chi connectivity index (χ0n) is 20.3. The van der Waals surface area contributed by atoms with Crippen molar-refractivity contribution in [1.82, 2.24) is 21.3 Å². The van der Waals surface area contributed by atoms with E-state index in [-0.39, 0.29) is 45.9 Å². The van der Waals surface area contributed by atoms with Gasteiger partial charge in [0.15, 0.2) is 0 Å². The van der Waals surface area contributed by atoms with Crippen molar-refractivity contribution in [3.05, 3.63) is 0 Å². The van der Waals surface area contributed by atoms with Crippen molar-refractivity contribution >= 4 is 11.8 Å². The number of nitrogens with one attached hydrogen (secondary N) is 4. The molecule has 0 spiro atoms. The van der Waals surface area contributed by atoms with Crippen molar-refractivity contribution in [2.45, 2.75) is 129 Å². The number of piperidine rings is 2. The number of carbonyl (C=O) groups excluding carboxylic acids is 2. The zero-order valence-corrected chi connectivity index (χ0v) is 20.3. The lowest BCUT2D eigenvalue weighted by molar-refractivity contribution is -0.136. The van der Waals surface area contributed by atoms with Crippen molar-refractivity contribution in [1.29, 1.82) is 0 Å². The highest BCUT2D eigenvalue weighted by molar-refractivity contribution is 5.91. The highest BCUT2D eigenvalue weighted by Crippen LogP contribution is 2.33. The van der Waals surface area contributed by atoms with Crippen LogP contribution in [0.15, 0.2) is 0 Å². The third-order valence-corrected chi connectivity index (χ3v) is 6.09. The summed E-state index contributed by atoms with van der Waals surface area (Å²) in [6.07, 6.45) is 3.25. The van der Waals surface area contributed by atoms with E-state index in [9.17, 15) is 9.59 Å². The van der Waals surface area contributed by atoms with Gasteiger partial charge in [-0.1, -0.05) is 0 Å². The van der Waals surface area contributed by atoms with Crippen LogP contribution >= 0.6 is 0 Å². The smallest absolute Gasteiger partial charge is 0.245 e. The summed E-state index contributed by atoms with van der Waals surface area (Å²) in [5.74, 6) is -0.249. The van der Waals surface area contributed by atoms with Gasteiger partial charge >= 0.3 is 0 Å². The van der Waals surface area contributed by atoms with Gasteiger partial charge in [0.2, 0.25) is 11.8 Å². The SMILES string of the molecule is CC1(C)CC(NC(=O)C(C)(C)NC(=O)C2CC(C)(C)NC(C)(C)C2)CC(C)(C)N1. The predicted octanol–water partition coefficient (Wildman–Crippen LogP) is 2.86. The monoisotopic (exact) mass is 408 g/mol. The van der Waals surface area contributed by atoms with Crippen LogP contribution in [-0.4, -0.2) is 45.6 Å². The van der Waals surface area contributed by atoms with Crippen molar-refractivity contribution in [2.75, 3.05) is 0 Å². The van der Waals surface area contributed by atoms with Gasteiger partial charge in [-0.05, 0) is 94.9 Å². The van der Waals surface area contributed by atoms with E-state index in [2.05, 4.69) is 76.7 Å².